The van der Waals surface area contributed by atoms with Gasteiger partial charge < -0.3 is 30.2 Å². The van der Waals surface area contributed by atoms with Gasteiger partial charge in [-0.05, 0) is 24.6 Å². The number of imidazole rings is 1. The Kier molecular flexibility index (Phi) is 5.24. The molecule has 3 aromatic rings. The number of ether oxygens (including phenoxy) is 3. The van der Waals surface area contributed by atoms with Gasteiger partial charge in [0.15, 0.2) is 23.2 Å². The fourth-order valence-corrected chi connectivity index (χ4v) is 3.23. The first kappa shape index (κ1) is 20.0. The van der Waals surface area contributed by atoms with E-state index in [1.54, 1.807) is 31.2 Å². The molecular formula is C19H21N5O6. The van der Waals surface area contributed by atoms with Crippen LogP contribution in [0, 0.1) is 0 Å². The number of fused-ring (bicyclic) bond motifs is 1. The number of benzene rings is 1. The zero-order valence-corrected chi connectivity index (χ0v) is 16.3. The van der Waals surface area contributed by atoms with Crippen LogP contribution in [0.15, 0.2) is 30.6 Å². The number of hydrogen-bond acceptors (Lipinski definition) is 10. The Balaban J connectivity index is 1.56. The molecule has 4 atom stereocenters. The molecule has 4 N–H and O–H groups in total. The van der Waals surface area contributed by atoms with Crippen LogP contribution in [0.2, 0.25) is 0 Å². The summed E-state index contributed by atoms with van der Waals surface area (Å²) in [4.78, 5) is 24.1. The lowest BCUT2D eigenvalue weighted by atomic mass is 10.1. The minimum Gasteiger partial charge on any atom is -0.465 e. The molecule has 4 rings (SSSR count). The maximum absolute atomic E-state index is 11.5. The first-order valence-corrected chi connectivity index (χ1v) is 9.20. The van der Waals surface area contributed by atoms with Crippen LogP contribution in [0.3, 0.4) is 0 Å². The van der Waals surface area contributed by atoms with Crippen LogP contribution in [0.25, 0.3) is 11.2 Å². The van der Waals surface area contributed by atoms with Gasteiger partial charge >= 0.3 is 12.0 Å². The van der Waals surface area contributed by atoms with Crippen molar-refractivity contribution in [2.75, 3.05) is 12.8 Å². The van der Waals surface area contributed by atoms with Gasteiger partial charge in [0.25, 0.3) is 0 Å². The fraction of sp³-hybridized carbons (Fsp3) is 0.368. The third-order valence-electron chi connectivity index (χ3n) is 4.92. The van der Waals surface area contributed by atoms with Gasteiger partial charge in [0.1, 0.15) is 18.8 Å². The average molecular weight is 415 g/mol. The highest BCUT2D eigenvalue weighted by atomic mass is 16.6. The van der Waals surface area contributed by atoms with E-state index in [2.05, 4.69) is 19.7 Å². The van der Waals surface area contributed by atoms with Crippen LogP contribution in [-0.2, 0) is 16.1 Å². The molecule has 0 saturated carbocycles. The van der Waals surface area contributed by atoms with E-state index >= 15 is 0 Å². The molecule has 3 heterocycles. The monoisotopic (exact) mass is 415 g/mol. The average Bonchev–Trinajstić information content (AvgIpc) is 3.28. The molecule has 1 aromatic carbocycles. The van der Waals surface area contributed by atoms with Gasteiger partial charge in [-0.2, -0.15) is 9.97 Å². The summed E-state index contributed by atoms with van der Waals surface area (Å²) in [7, 11) is 1.32. The van der Waals surface area contributed by atoms with Crippen molar-refractivity contribution in [1.82, 2.24) is 19.5 Å². The van der Waals surface area contributed by atoms with Gasteiger partial charge in [-0.1, -0.05) is 12.1 Å². The highest BCUT2D eigenvalue weighted by Gasteiger charge is 2.42. The molecule has 1 fully saturated rings. The number of anilines is 1. The summed E-state index contributed by atoms with van der Waals surface area (Å²) >= 11 is 0. The summed E-state index contributed by atoms with van der Waals surface area (Å²) in [5.74, 6) is -0.316. The normalized spacial score (nSPS) is 23.6. The van der Waals surface area contributed by atoms with Crippen molar-refractivity contribution in [1.29, 1.82) is 0 Å². The molecule has 11 heteroatoms. The number of aliphatic hydroxyl groups is 2. The van der Waals surface area contributed by atoms with Crippen molar-refractivity contribution in [3.8, 4) is 6.01 Å². The molecule has 1 aliphatic heterocycles. The fourth-order valence-electron chi connectivity index (χ4n) is 3.23. The number of methoxy groups -OCH3 is 1. The number of nitrogens with zero attached hydrogens (tertiary/aromatic N) is 4. The number of aliphatic hydroxyl groups excluding tert-OH is 2. The van der Waals surface area contributed by atoms with Gasteiger partial charge in [-0.3, -0.25) is 4.57 Å². The van der Waals surface area contributed by atoms with Crippen molar-refractivity contribution in [2.24, 2.45) is 0 Å². The largest absolute Gasteiger partial charge is 0.465 e. The summed E-state index contributed by atoms with van der Waals surface area (Å²) in [6.45, 7) is 1.80. The van der Waals surface area contributed by atoms with Gasteiger partial charge in [0.05, 0.1) is 25.1 Å². The topological polar surface area (TPSA) is 155 Å². The van der Waals surface area contributed by atoms with Crippen molar-refractivity contribution in [3.63, 3.8) is 0 Å². The first-order chi connectivity index (χ1) is 14.4. The first-order valence-electron chi connectivity index (χ1n) is 9.20. The maximum atomic E-state index is 11.5. The molecule has 0 aliphatic carbocycles. The molecule has 30 heavy (non-hydrogen) atoms. The van der Waals surface area contributed by atoms with Gasteiger partial charge in [-0.15, -0.1) is 0 Å². The Morgan fingerprint density at radius 2 is 1.97 bits per heavy atom. The van der Waals surface area contributed by atoms with E-state index in [1.165, 1.54) is 18.0 Å². The van der Waals surface area contributed by atoms with Crippen molar-refractivity contribution >= 4 is 23.0 Å². The molecule has 2 aromatic heterocycles. The van der Waals surface area contributed by atoms with E-state index in [1.807, 2.05) is 0 Å². The lowest BCUT2D eigenvalue weighted by Crippen LogP contribution is -2.30. The molecular weight excluding hydrogens is 394 g/mol. The van der Waals surface area contributed by atoms with Crippen LogP contribution in [-0.4, -0.2) is 61.1 Å². The van der Waals surface area contributed by atoms with Crippen LogP contribution in [0.4, 0.5) is 5.82 Å². The van der Waals surface area contributed by atoms with E-state index in [9.17, 15) is 15.0 Å². The quantitative estimate of drug-likeness (QED) is 0.499. The summed E-state index contributed by atoms with van der Waals surface area (Å²) < 4.78 is 17.4. The van der Waals surface area contributed by atoms with Crippen LogP contribution in [0.5, 0.6) is 6.01 Å². The van der Waals surface area contributed by atoms with E-state index in [0.717, 1.165) is 5.56 Å². The number of nitrogens with two attached hydrogens (primary N) is 1. The Bertz CT molecular complexity index is 1070. The van der Waals surface area contributed by atoms with Gasteiger partial charge in [0, 0.05) is 0 Å². The van der Waals surface area contributed by atoms with E-state index < -0.39 is 30.5 Å². The third-order valence-corrected chi connectivity index (χ3v) is 4.92. The Labute approximate surface area is 171 Å². The third kappa shape index (κ3) is 3.54. The predicted octanol–water partition coefficient (Wildman–Crippen LogP) is 0.413. The Hall–Kier alpha value is -3.28. The van der Waals surface area contributed by atoms with Gasteiger partial charge in [0.2, 0.25) is 0 Å². The molecule has 0 amide bonds. The minimum atomic E-state index is -1.15. The number of hydrogen-bond donors (Lipinski definition) is 3. The Morgan fingerprint density at radius 3 is 2.60 bits per heavy atom. The molecule has 1 saturated heterocycles. The number of nitrogen functional groups attached to an aromatic ring is 1. The van der Waals surface area contributed by atoms with Crippen molar-refractivity contribution < 1.29 is 29.2 Å². The van der Waals surface area contributed by atoms with Crippen LogP contribution in [0.1, 0.15) is 29.1 Å². The molecule has 0 bridgehead atoms. The number of esters is 1. The SMILES string of the molecule is COC(=O)c1ccc(COc2nc(N)c3ncn([C@@H]4O[C@H](C)[C@@H](O)[C@H]4O)c3n2)cc1. The second kappa shape index (κ2) is 7.86. The maximum Gasteiger partial charge on any atom is 0.337 e. The Morgan fingerprint density at radius 1 is 1.23 bits per heavy atom. The van der Waals surface area contributed by atoms with Crippen LogP contribution >= 0.6 is 0 Å². The summed E-state index contributed by atoms with van der Waals surface area (Å²) in [5, 5.41) is 20.2. The van der Waals surface area contributed by atoms with Gasteiger partial charge in [-0.25, -0.2) is 9.78 Å². The summed E-state index contributed by atoms with van der Waals surface area (Å²) in [6.07, 6.45) is -2.18. The molecule has 0 spiro atoms. The number of aromatic nitrogens is 4. The van der Waals surface area contributed by atoms with Crippen molar-refractivity contribution in [3.05, 3.63) is 41.7 Å². The smallest absolute Gasteiger partial charge is 0.337 e. The standard InChI is InChI=1S/C19H21N5O6/c1-9-13(25)14(26)17(30-9)24-8-21-12-15(20)22-19(23-16(12)24)29-7-10-3-5-11(6-4-10)18(27)28-2/h3-6,8-9,13-14,17,25-26H,7H2,1-2H3,(H2,20,22,23)/t9-,13-,14-,17-/m1/s1. The lowest BCUT2D eigenvalue weighted by Gasteiger charge is -2.16. The molecule has 158 valence electrons. The van der Waals surface area contributed by atoms with E-state index in [-0.39, 0.29) is 18.4 Å². The predicted molar refractivity (Wildman–Crippen MR) is 103 cm³/mol. The van der Waals surface area contributed by atoms with Crippen LogP contribution < -0.4 is 10.5 Å². The number of rotatable bonds is 5. The highest BCUT2D eigenvalue weighted by molar-refractivity contribution is 5.89. The lowest BCUT2D eigenvalue weighted by molar-refractivity contribution is -0.0300. The van der Waals surface area contributed by atoms with Crippen molar-refractivity contribution in [2.45, 2.75) is 38.1 Å². The van der Waals surface area contributed by atoms with E-state index in [4.69, 9.17) is 15.2 Å². The minimum absolute atomic E-state index is 0.0138. The molecule has 11 nitrogen and oxygen atoms in total. The molecule has 0 radical (unpaired) electrons. The number of carbonyl (C=O) groups is 1. The second-order valence-corrected chi connectivity index (χ2v) is 6.91. The zero-order valence-electron chi connectivity index (χ0n) is 16.3. The molecule has 1 aliphatic rings. The van der Waals surface area contributed by atoms with E-state index in [0.29, 0.717) is 16.7 Å². The highest BCUT2D eigenvalue weighted by Crippen LogP contribution is 2.32. The molecule has 0 unspecified atom stereocenters. The zero-order chi connectivity index (χ0) is 21.4. The summed E-state index contributed by atoms with van der Waals surface area (Å²) in [5.41, 5.74) is 7.83. The second-order valence-electron chi connectivity index (χ2n) is 6.91. The number of carbonyl (C=O) groups excluding carboxylic acids is 1. The summed E-state index contributed by atoms with van der Waals surface area (Å²) in [6, 6.07) is 6.72.